The fraction of sp³-hybridized carbons (Fsp3) is 0. The number of benzene rings is 10. The summed E-state index contributed by atoms with van der Waals surface area (Å²) in [6.07, 6.45) is 0. The Hall–Kier alpha value is -9.19. The predicted molar refractivity (Wildman–Crippen MR) is 281 cm³/mol. The van der Waals surface area contributed by atoms with Crippen molar-refractivity contribution in [2.75, 3.05) is 0 Å². The minimum Gasteiger partial charge on any atom is -0.309 e. The number of para-hydroxylation sites is 4. The van der Waals surface area contributed by atoms with Crippen molar-refractivity contribution in [2.24, 2.45) is 0 Å². The number of aromatic nitrogens is 5. The summed E-state index contributed by atoms with van der Waals surface area (Å²) in [5.41, 5.74) is 15.8. The molecule has 68 heavy (non-hydrogen) atoms. The van der Waals surface area contributed by atoms with Gasteiger partial charge < -0.3 is 9.13 Å². The third kappa shape index (κ3) is 6.68. The Morgan fingerprint density at radius 1 is 0.221 bits per heavy atom. The molecular formula is C63H41N5. The first kappa shape index (κ1) is 39.2. The first-order valence-electron chi connectivity index (χ1n) is 23.0. The van der Waals surface area contributed by atoms with Crippen LogP contribution in [0.15, 0.2) is 249 Å². The monoisotopic (exact) mass is 867 g/mol. The molecule has 0 saturated heterocycles. The maximum absolute atomic E-state index is 5.36. The predicted octanol–water partition coefficient (Wildman–Crippen LogP) is 16.1. The first-order chi connectivity index (χ1) is 33.7. The highest BCUT2D eigenvalue weighted by Gasteiger charge is 2.25. The normalized spacial score (nSPS) is 11.5. The Bertz CT molecular complexity index is 3650. The molecule has 0 saturated carbocycles. The molecule has 0 amide bonds. The van der Waals surface area contributed by atoms with Gasteiger partial charge in [0.1, 0.15) is 0 Å². The molecule has 0 fully saturated rings. The molecule has 0 radical (unpaired) electrons. The molecule has 13 aromatic rings. The van der Waals surface area contributed by atoms with Crippen LogP contribution in [0.1, 0.15) is 0 Å². The van der Waals surface area contributed by atoms with Crippen LogP contribution in [0.5, 0.6) is 0 Å². The van der Waals surface area contributed by atoms with Gasteiger partial charge in [-0.25, -0.2) is 15.0 Å². The maximum atomic E-state index is 5.36. The van der Waals surface area contributed by atoms with Crippen molar-refractivity contribution in [3.8, 4) is 78.9 Å². The summed E-state index contributed by atoms with van der Waals surface area (Å²) in [7, 11) is 0. The van der Waals surface area contributed by atoms with E-state index in [9.17, 15) is 0 Å². The van der Waals surface area contributed by atoms with E-state index in [0.29, 0.717) is 17.5 Å². The van der Waals surface area contributed by atoms with Gasteiger partial charge in [-0.3, -0.25) is 0 Å². The molecule has 0 N–H and O–H groups in total. The van der Waals surface area contributed by atoms with Gasteiger partial charge in [0.05, 0.1) is 33.4 Å². The molecule has 13 rings (SSSR count). The SMILES string of the molecule is c1ccc(-c2cc(-c3ccccc3)cc(-c3c(-n4c5ccccc5c5ccccc54)cc(-c4nc(-c5ccccc5)nc(-c5ccccc5)n4)cc3-n3c4ccccc4c4ccccc43)c2)cc1. The van der Waals surface area contributed by atoms with Crippen LogP contribution in [0.2, 0.25) is 0 Å². The second-order valence-corrected chi connectivity index (χ2v) is 17.2. The molecule has 10 aromatic carbocycles. The van der Waals surface area contributed by atoms with Crippen LogP contribution >= 0.6 is 0 Å². The van der Waals surface area contributed by atoms with Crippen molar-refractivity contribution in [1.82, 2.24) is 24.1 Å². The second-order valence-electron chi connectivity index (χ2n) is 17.2. The van der Waals surface area contributed by atoms with Gasteiger partial charge in [-0.1, -0.05) is 194 Å². The highest BCUT2D eigenvalue weighted by atomic mass is 15.1. The van der Waals surface area contributed by atoms with E-state index in [1.165, 1.54) is 21.5 Å². The second kappa shape index (κ2) is 16.4. The maximum Gasteiger partial charge on any atom is 0.164 e. The number of nitrogens with zero attached hydrogens (tertiary/aromatic N) is 5. The zero-order valence-corrected chi connectivity index (χ0v) is 36.9. The number of hydrogen-bond donors (Lipinski definition) is 0. The molecule has 0 spiro atoms. The molecule has 5 heteroatoms. The number of rotatable bonds is 8. The fourth-order valence-corrected chi connectivity index (χ4v) is 10.1. The van der Waals surface area contributed by atoms with Gasteiger partial charge in [0.25, 0.3) is 0 Å². The lowest BCUT2D eigenvalue weighted by Gasteiger charge is -2.23. The fourth-order valence-electron chi connectivity index (χ4n) is 10.1. The number of fused-ring (bicyclic) bond motifs is 6. The zero-order chi connectivity index (χ0) is 45.0. The summed E-state index contributed by atoms with van der Waals surface area (Å²) in [6.45, 7) is 0. The zero-order valence-electron chi connectivity index (χ0n) is 36.9. The van der Waals surface area contributed by atoms with Crippen LogP contribution in [-0.4, -0.2) is 24.1 Å². The van der Waals surface area contributed by atoms with Crippen molar-refractivity contribution < 1.29 is 0 Å². The average Bonchev–Trinajstić information content (AvgIpc) is 3.94. The van der Waals surface area contributed by atoms with E-state index < -0.39 is 0 Å². The van der Waals surface area contributed by atoms with Crippen LogP contribution in [0.25, 0.3) is 123 Å². The van der Waals surface area contributed by atoms with Gasteiger partial charge >= 0.3 is 0 Å². The van der Waals surface area contributed by atoms with Gasteiger partial charge in [-0.2, -0.15) is 0 Å². The van der Waals surface area contributed by atoms with Gasteiger partial charge in [0, 0.05) is 43.8 Å². The van der Waals surface area contributed by atoms with Crippen LogP contribution in [0.4, 0.5) is 0 Å². The minimum absolute atomic E-state index is 0.580. The van der Waals surface area contributed by atoms with Gasteiger partial charge in [-0.15, -0.1) is 0 Å². The molecule has 3 aromatic heterocycles. The first-order valence-corrected chi connectivity index (χ1v) is 23.0. The molecule has 0 aliphatic heterocycles. The lowest BCUT2D eigenvalue weighted by atomic mass is 9.91. The quantitative estimate of drug-likeness (QED) is 0.153. The molecule has 0 aliphatic carbocycles. The van der Waals surface area contributed by atoms with Crippen LogP contribution in [0, 0.1) is 0 Å². The lowest BCUT2D eigenvalue weighted by molar-refractivity contribution is 1.07. The summed E-state index contributed by atoms with van der Waals surface area (Å²) in [6, 6.07) is 88.6. The summed E-state index contributed by atoms with van der Waals surface area (Å²) in [5, 5.41) is 4.72. The van der Waals surface area contributed by atoms with Crippen LogP contribution in [0.3, 0.4) is 0 Å². The van der Waals surface area contributed by atoms with Crippen molar-refractivity contribution in [3.63, 3.8) is 0 Å². The van der Waals surface area contributed by atoms with Crippen LogP contribution < -0.4 is 0 Å². The van der Waals surface area contributed by atoms with E-state index >= 15 is 0 Å². The molecule has 5 nitrogen and oxygen atoms in total. The Morgan fingerprint density at radius 3 is 0.853 bits per heavy atom. The molecule has 0 aliphatic rings. The standard InChI is InChI=1S/C63H41N5/c1-5-21-42(22-6-1)46-37-47(43-23-7-2-8-24-43)39-48(38-46)60-58(67-54-33-17-13-29-50(54)51-30-14-18-34-55(51)67)40-49(41-59(60)68-56-35-19-15-31-52(56)53-32-16-20-36-57(53)68)63-65-61(44-25-9-3-10-26-44)64-62(66-63)45-27-11-4-12-28-45/h1-41H. The molecular weight excluding hydrogens is 827 g/mol. The number of hydrogen-bond acceptors (Lipinski definition) is 3. The Morgan fingerprint density at radius 2 is 0.500 bits per heavy atom. The molecule has 0 unspecified atom stereocenters. The van der Waals surface area contributed by atoms with Crippen molar-refractivity contribution >= 4 is 43.6 Å². The molecule has 318 valence electrons. The topological polar surface area (TPSA) is 48.5 Å². The average molecular weight is 868 g/mol. The minimum atomic E-state index is 0.580. The van der Waals surface area contributed by atoms with Gasteiger partial charge in [-0.05, 0) is 82.4 Å². The summed E-state index contributed by atoms with van der Waals surface area (Å²) in [5.74, 6) is 1.80. The van der Waals surface area contributed by atoms with E-state index in [4.69, 9.17) is 15.0 Å². The van der Waals surface area contributed by atoms with E-state index in [1.54, 1.807) is 0 Å². The van der Waals surface area contributed by atoms with Crippen molar-refractivity contribution in [1.29, 1.82) is 0 Å². The largest absolute Gasteiger partial charge is 0.309 e. The van der Waals surface area contributed by atoms with E-state index in [1.807, 2.05) is 36.4 Å². The highest BCUT2D eigenvalue weighted by molar-refractivity contribution is 6.12. The van der Waals surface area contributed by atoms with Gasteiger partial charge in [0.2, 0.25) is 0 Å². The molecule has 3 heterocycles. The Balaban J connectivity index is 1.23. The Kier molecular flexibility index (Phi) is 9.43. The van der Waals surface area contributed by atoms with Crippen LogP contribution in [-0.2, 0) is 0 Å². The van der Waals surface area contributed by atoms with Crippen molar-refractivity contribution in [2.45, 2.75) is 0 Å². The highest BCUT2D eigenvalue weighted by Crippen LogP contribution is 2.46. The Labute approximate surface area is 393 Å². The van der Waals surface area contributed by atoms with Gasteiger partial charge in [0.15, 0.2) is 17.5 Å². The summed E-state index contributed by atoms with van der Waals surface area (Å²) >= 11 is 0. The van der Waals surface area contributed by atoms with E-state index in [0.717, 1.165) is 83.5 Å². The lowest BCUT2D eigenvalue weighted by Crippen LogP contribution is -2.07. The third-order valence-corrected chi connectivity index (χ3v) is 13.1. The van der Waals surface area contributed by atoms with Crippen molar-refractivity contribution in [3.05, 3.63) is 249 Å². The van der Waals surface area contributed by atoms with E-state index in [-0.39, 0.29) is 0 Å². The molecule has 0 atom stereocenters. The summed E-state index contributed by atoms with van der Waals surface area (Å²) in [4.78, 5) is 15.8. The molecule has 0 bridgehead atoms. The van der Waals surface area contributed by atoms with E-state index in [2.05, 4.69) is 221 Å². The summed E-state index contributed by atoms with van der Waals surface area (Å²) < 4.78 is 4.91. The third-order valence-electron chi connectivity index (χ3n) is 13.1. The smallest absolute Gasteiger partial charge is 0.164 e.